The van der Waals surface area contributed by atoms with Gasteiger partial charge >= 0.3 is 11.9 Å². The fraction of sp³-hybridized carbons (Fsp3) is 0.846. The molecule has 0 spiro atoms. The Kier molecular flexibility index (Phi) is 3.61. The molecule has 0 radical (unpaired) electrons. The van der Waals surface area contributed by atoms with E-state index in [0.29, 0.717) is 0 Å². The number of ether oxygens (including phenoxy) is 2. The number of carbonyl (C=O) groups is 2. The van der Waals surface area contributed by atoms with Gasteiger partial charge in [0, 0.05) is 19.9 Å². The molecule has 0 aromatic carbocycles. The number of likely N-dealkylation sites (tertiary alicyclic amines) is 1. The Labute approximate surface area is 107 Å². The maximum absolute atomic E-state index is 12.0. The second-order valence-corrected chi connectivity index (χ2v) is 5.44. The van der Waals surface area contributed by atoms with Gasteiger partial charge in [-0.25, -0.2) is 0 Å². The zero-order valence-electron chi connectivity index (χ0n) is 11.3. The van der Waals surface area contributed by atoms with Crippen LogP contribution in [0.15, 0.2) is 0 Å². The second kappa shape index (κ2) is 4.88. The number of esters is 2. The molecule has 102 valence electrons. The van der Waals surface area contributed by atoms with E-state index in [1.54, 1.807) is 13.8 Å². The predicted octanol–water partition coefficient (Wildman–Crippen LogP) is 1.31. The zero-order valence-corrected chi connectivity index (χ0v) is 11.3. The predicted molar refractivity (Wildman–Crippen MR) is 64.6 cm³/mol. The molecule has 0 N–H and O–H groups in total. The number of carbonyl (C=O) groups excluding carboxylic acids is 2. The van der Waals surface area contributed by atoms with Crippen LogP contribution in [-0.2, 0) is 19.1 Å². The summed E-state index contributed by atoms with van der Waals surface area (Å²) in [5, 5.41) is 0. The Morgan fingerprint density at radius 1 is 1.22 bits per heavy atom. The van der Waals surface area contributed by atoms with Gasteiger partial charge < -0.3 is 9.47 Å². The molecule has 2 aliphatic rings. The van der Waals surface area contributed by atoms with Crippen LogP contribution in [0.1, 0.15) is 40.0 Å². The van der Waals surface area contributed by atoms with Crippen molar-refractivity contribution in [3.8, 4) is 0 Å². The molecule has 0 aromatic heterocycles. The fourth-order valence-corrected chi connectivity index (χ4v) is 2.82. The molecule has 2 heterocycles. The van der Waals surface area contributed by atoms with Crippen molar-refractivity contribution >= 4 is 11.9 Å². The lowest BCUT2D eigenvalue weighted by Crippen LogP contribution is -2.54. The average molecular weight is 255 g/mol. The number of hydrogen-bond donors (Lipinski definition) is 0. The first-order valence-corrected chi connectivity index (χ1v) is 6.64. The van der Waals surface area contributed by atoms with E-state index in [0.717, 1.165) is 32.4 Å². The Bertz CT molecular complexity index is 327. The van der Waals surface area contributed by atoms with Gasteiger partial charge in [-0.05, 0) is 32.4 Å². The standard InChI is InChI=1S/C13H21NO4/c1-4-9(14-7-5-6-8-14)10-11(15)17-13(2,3)18-12(10)16/h9-10H,4-8H2,1-3H3. The van der Waals surface area contributed by atoms with Crippen molar-refractivity contribution in [2.45, 2.75) is 51.9 Å². The van der Waals surface area contributed by atoms with Crippen LogP contribution >= 0.6 is 0 Å². The minimum atomic E-state index is -1.13. The normalized spacial score (nSPS) is 26.8. The van der Waals surface area contributed by atoms with E-state index in [4.69, 9.17) is 9.47 Å². The lowest BCUT2D eigenvalue weighted by atomic mass is 9.95. The van der Waals surface area contributed by atoms with E-state index in [9.17, 15) is 9.59 Å². The van der Waals surface area contributed by atoms with Gasteiger partial charge in [-0.1, -0.05) is 6.92 Å². The van der Waals surface area contributed by atoms with Gasteiger partial charge in [0.25, 0.3) is 5.79 Å². The summed E-state index contributed by atoms with van der Waals surface area (Å²) >= 11 is 0. The van der Waals surface area contributed by atoms with E-state index >= 15 is 0 Å². The molecular formula is C13H21NO4. The zero-order chi connectivity index (χ0) is 13.3. The summed E-state index contributed by atoms with van der Waals surface area (Å²) in [6.45, 7) is 7.03. The quantitative estimate of drug-likeness (QED) is 0.562. The Morgan fingerprint density at radius 2 is 1.72 bits per heavy atom. The van der Waals surface area contributed by atoms with Gasteiger partial charge in [0.2, 0.25) is 0 Å². The number of hydrogen-bond acceptors (Lipinski definition) is 5. The van der Waals surface area contributed by atoms with Crippen LogP contribution in [0.3, 0.4) is 0 Å². The van der Waals surface area contributed by atoms with Crippen molar-refractivity contribution in [2.75, 3.05) is 13.1 Å². The van der Waals surface area contributed by atoms with Gasteiger partial charge in [-0.3, -0.25) is 14.5 Å². The summed E-state index contributed by atoms with van der Waals surface area (Å²) in [5.74, 6) is -2.82. The van der Waals surface area contributed by atoms with Crippen LogP contribution in [0.4, 0.5) is 0 Å². The largest absolute Gasteiger partial charge is 0.422 e. The smallest absolute Gasteiger partial charge is 0.325 e. The summed E-state index contributed by atoms with van der Waals surface area (Å²) in [6.07, 6.45) is 2.99. The third-order valence-electron chi connectivity index (χ3n) is 3.61. The highest BCUT2D eigenvalue weighted by Crippen LogP contribution is 2.29. The highest BCUT2D eigenvalue weighted by molar-refractivity contribution is 5.97. The van der Waals surface area contributed by atoms with E-state index in [1.165, 1.54) is 0 Å². The summed E-state index contributed by atoms with van der Waals surface area (Å²) in [4.78, 5) is 26.3. The summed E-state index contributed by atoms with van der Waals surface area (Å²) in [6, 6.07) is -0.0939. The van der Waals surface area contributed by atoms with E-state index < -0.39 is 23.6 Å². The second-order valence-electron chi connectivity index (χ2n) is 5.44. The van der Waals surface area contributed by atoms with Crippen molar-refractivity contribution in [3.63, 3.8) is 0 Å². The SMILES string of the molecule is CCC(C1C(=O)OC(C)(C)OC1=O)N1CCCC1. The first-order valence-electron chi connectivity index (χ1n) is 6.64. The highest BCUT2D eigenvalue weighted by Gasteiger charge is 2.48. The Hall–Kier alpha value is -1.10. The maximum atomic E-state index is 12.0. The molecule has 0 aromatic rings. The Morgan fingerprint density at radius 3 is 2.17 bits per heavy atom. The third-order valence-corrected chi connectivity index (χ3v) is 3.61. The molecule has 2 aliphatic heterocycles. The summed E-state index contributed by atoms with van der Waals surface area (Å²) in [7, 11) is 0. The van der Waals surface area contributed by atoms with Crippen molar-refractivity contribution in [2.24, 2.45) is 5.92 Å². The molecule has 2 rings (SSSR count). The van der Waals surface area contributed by atoms with Crippen molar-refractivity contribution in [1.82, 2.24) is 4.90 Å². The molecule has 1 unspecified atom stereocenters. The molecule has 2 saturated heterocycles. The van der Waals surface area contributed by atoms with Crippen molar-refractivity contribution in [1.29, 1.82) is 0 Å². The minimum Gasteiger partial charge on any atom is -0.422 e. The Balaban J connectivity index is 2.15. The van der Waals surface area contributed by atoms with Crippen LogP contribution in [0.2, 0.25) is 0 Å². The first-order chi connectivity index (χ1) is 8.44. The molecule has 5 heteroatoms. The number of nitrogens with zero attached hydrogens (tertiary/aromatic N) is 1. The molecule has 0 bridgehead atoms. The topological polar surface area (TPSA) is 55.8 Å². The molecule has 1 atom stereocenters. The molecule has 5 nitrogen and oxygen atoms in total. The molecule has 2 fully saturated rings. The lowest BCUT2D eigenvalue weighted by Gasteiger charge is -2.38. The molecule has 0 aliphatic carbocycles. The van der Waals surface area contributed by atoms with Crippen molar-refractivity contribution < 1.29 is 19.1 Å². The van der Waals surface area contributed by atoms with E-state index in [-0.39, 0.29) is 6.04 Å². The van der Waals surface area contributed by atoms with Gasteiger partial charge in [-0.2, -0.15) is 0 Å². The highest BCUT2D eigenvalue weighted by atomic mass is 16.7. The lowest BCUT2D eigenvalue weighted by molar-refractivity contribution is -0.243. The monoisotopic (exact) mass is 255 g/mol. The van der Waals surface area contributed by atoms with E-state index in [2.05, 4.69) is 4.90 Å². The molecule has 0 amide bonds. The van der Waals surface area contributed by atoms with Gasteiger partial charge in [0.05, 0.1) is 0 Å². The van der Waals surface area contributed by atoms with Gasteiger partial charge in [0.15, 0.2) is 5.92 Å². The van der Waals surface area contributed by atoms with Gasteiger partial charge in [-0.15, -0.1) is 0 Å². The van der Waals surface area contributed by atoms with Crippen molar-refractivity contribution in [3.05, 3.63) is 0 Å². The first kappa shape index (κ1) is 13.3. The molecule has 18 heavy (non-hydrogen) atoms. The van der Waals surface area contributed by atoms with Gasteiger partial charge in [0.1, 0.15) is 0 Å². The summed E-state index contributed by atoms with van der Waals surface area (Å²) < 4.78 is 10.4. The van der Waals surface area contributed by atoms with Crippen LogP contribution in [0, 0.1) is 5.92 Å². The van der Waals surface area contributed by atoms with Crippen LogP contribution in [0.5, 0.6) is 0 Å². The minimum absolute atomic E-state index is 0.0939. The maximum Gasteiger partial charge on any atom is 0.325 e. The van der Waals surface area contributed by atoms with Crippen LogP contribution in [-0.4, -0.2) is 41.8 Å². The van der Waals surface area contributed by atoms with E-state index in [1.807, 2.05) is 6.92 Å². The molecular weight excluding hydrogens is 234 g/mol. The molecule has 0 saturated carbocycles. The average Bonchev–Trinajstić information content (AvgIpc) is 2.74. The number of rotatable bonds is 3. The third kappa shape index (κ3) is 2.51. The number of cyclic esters (lactones) is 2. The summed E-state index contributed by atoms with van der Waals surface area (Å²) in [5.41, 5.74) is 0. The fourth-order valence-electron chi connectivity index (χ4n) is 2.82. The van der Waals surface area contributed by atoms with Crippen LogP contribution < -0.4 is 0 Å². The van der Waals surface area contributed by atoms with Crippen LogP contribution in [0.25, 0.3) is 0 Å².